The van der Waals surface area contributed by atoms with Gasteiger partial charge in [-0.3, -0.25) is 9.89 Å². The van der Waals surface area contributed by atoms with Crippen molar-refractivity contribution in [2.45, 2.75) is 25.3 Å². The van der Waals surface area contributed by atoms with Crippen LogP contribution in [0.2, 0.25) is 0 Å². The normalized spacial score (nSPS) is 14.7. The number of aryl methyl sites for hydroxylation is 2. The first-order valence-corrected chi connectivity index (χ1v) is 9.46. The Labute approximate surface area is 150 Å². The highest BCUT2D eigenvalue weighted by Gasteiger charge is 2.24. The zero-order valence-electron chi connectivity index (χ0n) is 14.4. The number of aromatic nitrogens is 2. The van der Waals surface area contributed by atoms with Crippen LogP contribution in [0.25, 0.3) is 0 Å². The first-order chi connectivity index (χ1) is 12.3. The number of rotatable bonds is 5. The molecule has 1 aromatic heterocycles. The van der Waals surface area contributed by atoms with Gasteiger partial charge in [0.1, 0.15) is 16.5 Å². The number of aromatic amines is 1. The van der Waals surface area contributed by atoms with Crippen LogP contribution in [-0.2, 0) is 21.4 Å². The molecule has 0 saturated carbocycles. The summed E-state index contributed by atoms with van der Waals surface area (Å²) < 4.78 is 46.1. The minimum absolute atomic E-state index is 0.0166. The molecule has 0 unspecified atom stereocenters. The number of H-pyrrole nitrogens is 1. The molecular weight excluding hydrogens is 363 g/mol. The van der Waals surface area contributed by atoms with Crippen LogP contribution < -0.4 is 9.46 Å². The molecule has 0 spiro atoms. The maximum atomic E-state index is 13.4. The van der Waals surface area contributed by atoms with Crippen molar-refractivity contribution >= 4 is 15.9 Å². The topological polar surface area (TPSA) is 104 Å². The largest absolute Gasteiger partial charge is 0.483 e. The summed E-state index contributed by atoms with van der Waals surface area (Å²) in [4.78, 5) is 13.7. The highest BCUT2D eigenvalue weighted by molar-refractivity contribution is 7.89. The predicted octanol–water partition coefficient (Wildman–Crippen LogP) is 0.865. The summed E-state index contributed by atoms with van der Waals surface area (Å²) in [7, 11) is -3.75. The van der Waals surface area contributed by atoms with E-state index in [1.807, 2.05) is 0 Å². The number of benzene rings is 1. The molecule has 1 aliphatic heterocycles. The van der Waals surface area contributed by atoms with Gasteiger partial charge in [0.2, 0.25) is 10.0 Å². The molecular formula is C16H19FN4O4S. The standard InChI is InChI=1S/C16H19FN4O4S/c1-10-16(11(2)20-19-10)26(23,24)18-5-6-21-8-12-7-13(17)3-4-14(12)25-9-15(21)22/h3-4,7,18H,5-6,8-9H2,1-2H3,(H,19,20). The molecule has 140 valence electrons. The third-order valence-corrected chi connectivity index (χ3v) is 5.81. The summed E-state index contributed by atoms with van der Waals surface area (Å²) in [6, 6.07) is 4.06. The van der Waals surface area contributed by atoms with E-state index in [9.17, 15) is 17.6 Å². The quantitative estimate of drug-likeness (QED) is 0.798. The van der Waals surface area contributed by atoms with Gasteiger partial charge in [-0.15, -0.1) is 0 Å². The summed E-state index contributed by atoms with van der Waals surface area (Å²) in [5.41, 5.74) is 1.36. The maximum Gasteiger partial charge on any atom is 0.260 e. The summed E-state index contributed by atoms with van der Waals surface area (Å²) in [6.07, 6.45) is 0. The molecule has 0 saturated heterocycles. The summed E-state index contributed by atoms with van der Waals surface area (Å²) >= 11 is 0. The van der Waals surface area contributed by atoms with Crippen LogP contribution in [-0.4, -0.2) is 49.1 Å². The maximum absolute atomic E-state index is 13.4. The summed E-state index contributed by atoms with van der Waals surface area (Å²) in [6.45, 7) is 3.34. The van der Waals surface area contributed by atoms with Gasteiger partial charge in [-0.05, 0) is 32.0 Å². The number of fused-ring (bicyclic) bond motifs is 1. The van der Waals surface area contributed by atoms with Gasteiger partial charge in [0.15, 0.2) is 6.61 Å². The fourth-order valence-electron chi connectivity index (χ4n) is 2.86. The van der Waals surface area contributed by atoms with Crippen LogP contribution in [0.3, 0.4) is 0 Å². The molecule has 0 radical (unpaired) electrons. The Hall–Kier alpha value is -2.46. The van der Waals surface area contributed by atoms with Gasteiger partial charge >= 0.3 is 0 Å². The first kappa shape index (κ1) is 18.3. The molecule has 2 aromatic rings. The number of nitrogens with zero attached hydrogens (tertiary/aromatic N) is 2. The Morgan fingerprint density at radius 3 is 2.85 bits per heavy atom. The van der Waals surface area contributed by atoms with Crippen molar-refractivity contribution in [2.75, 3.05) is 19.7 Å². The molecule has 2 heterocycles. The molecule has 26 heavy (non-hydrogen) atoms. The molecule has 0 fully saturated rings. The zero-order chi connectivity index (χ0) is 18.9. The van der Waals surface area contributed by atoms with Gasteiger partial charge < -0.3 is 9.64 Å². The highest BCUT2D eigenvalue weighted by Crippen LogP contribution is 2.24. The number of carbonyl (C=O) groups excluding carboxylic acids is 1. The lowest BCUT2D eigenvalue weighted by Gasteiger charge is -2.20. The molecule has 1 aliphatic rings. The molecule has 8 nitrogen and oxygen atoms in total. The third-order valence-electron chi connectivity index (χ3n) is 4.09. The van der Waals surface area contributed by atoms with E-state index in [1.165, 1.54) is 23.1 Å². The Morgan fingerprint density at radius 1 is 1.38 bits per heavy atom. The second kappa shape index (κ2) is 7.04. The van der Waals surface area contributed by atoms with Crippen molar-refractivity contribution in [3.63, 3.8) is 0 Å². The molecule has 0 aliphatic carbocycles. The number of sulfonamides is 1. The summed E-state index contributed by atoms with van der Waals surface area (Å²) in [5.74, 6) is -0.266. The van der Waals surface area contributed by atoms with E-state index < -0.39 is 15.8 Å². The average molecular weight is 382 g/mol. The SMILES string of the molecule is Cc1n[nH]c(C)c1S(=O)(=O)NCCN1Cc2cc(F)ccc2OCC1=O. The molecule has 0 atom stereocenters. The molecule has 1 amide bonds. The van der Waals surface area contributed by atoms with Crippen molar-refractivity contribution in [2.24, 2.45) is 0 Å². The Morgan fingerprint density at radius 2 is 2.15 bits per heavy atom. The number of halogens is 1. The minimum Gasteiger partial charge on any atom is -0.483 e. The van der Waals surface area contributed by atoms with Crippen LogP contribution >= 0.6 is 0 Å². The van der Waals surface area contributed by atoms with E-state index in [0.717, 1.165) is 0 Å². The Bertz CT molecular complexity index is 922. The van der Waals surface area contributed by atoms with Gasteiger partial charge in [0.05, 0.1) is 11.4 Å². The lowest BCUT2D eigenvalue weighted by atomic mass is 10.2. The average Bonchev–Trinajstić information content (AvgIpc) is 2.83. The number of carbonyl (C=O) groups is 1. The van der Waals surface area contributed by atoms with Crippen molar-refractivity contribution in [1.82, 2.24) is 19.8 Å². The second-order valence-corrected chi connectivity index (χ2v) is 7.72. The fraction of sp³-hybridized carbons (Fsp3) is 0.375. The van der Waals surface area contributed by atoms with Crippen LogP contribution in [0, 0.1) is 19.7 Å². The van der Waals surface area contributed by atoms with Crippen molar-refractivity contribution in [3.05, 3.63) is 41.0 Å². The molecule has 2 N–H and O–H groups in total. The minimum atomic E-state index is -3.75. The molecule has 1 aromatic carbocycles. The Kier molecular flexibility index (Phi) is 4.97. The number of hydrogen-bond acceptors (Lipinski definition) is 5. The predicted molar refractivity (Wildman–Crippen MR) is 90.6 cm³/mol. The first-order valence-electron chi connectivity index (χ1n) is 7.98. The Balaban J connectivity index is 1.68. The van der Waals surface area contributed by atoms with E-state index in [4.69, 9.17) is 4.74 Å². The smallest absolute Gasteiger partial charge is 0.260 e. The monoisotopic (exact) mass is 382 g/mol. The molecule has 10 heteroatoms. The van der Waals surface area contributed by atoms with Crippen molar-refractivity contribution < 1.29 is 22.3 Å². The van der Waals surface area contributed by atoms with Gasteiger partial charge in [0.25, 0.3) is 5.91 Å². The van der Waals surface area contributed by atoms with Gasteiger partial charge in [0, 0.05) is 25.2 Å². The number of nitrogens with one attached hydrogen (secondary N) is 2. The van der Waals surface area contributed by atoms with E-state index in [0.29, 0.717) is 22.7 Å². The van der Waals surface area contributed by atoms with Crippen molar-refractivity contribution in [1.29, 1.82) is 0 Å². The second-order valence-electron chi connectivity index (χ2n) is 6.02. The van der Waals surface area contributed by atoms with E-state index >= 15 is 0 Å². The molecule has 0 bridgehead atoms. The van der Waals surface area contributed by atoms with Gasteiger partial charge in [-0.2, -0.15) is 5.10 Å². The fourth-order valence-corrected chi connectivity index (χ4v) is 4.25. The molecule has 3 rings (SSSR count). The third kappa shape index (κ3) is 3.70. The summed E-state index contributed by atoms with van der Waals surface area (Å²) in [5, 5.41) is 6.51. The van der Waals surface area contributed by atoms with E-state index in [1.54, 1.807) is 13.8 Å². The van der Waals surface area contributed by atoms with Gasteiger partial charge in [-0.1, -0.05) is 0 Å². The van der Waals surface area contributed by atoms with Crippen molar-refractivity contribution in [3.8, 4) is 5.75 Å². The zero-order valence-corrected chi connectivity index (χ0v) is 15.2. The van der Waals surface area contributed by atoms with E-state index in [2.05, 4.69) is 14.9 Å². The highest BCUT2D eigenvalue weighted by atomic mass is 32.2. The number of hydrogen-bond donors (Lipinski definition) is 2. The lowest BCUT2D eigenvalue weighted by molar-refractivity contribution is -0.133. The van der Waals surface area contributed by atoms with Crippen LogP contribution in [0.1, 0.15) is 17.0 Å². The van der Waals surface area contributed by atoms with E-state index in [-0.39, 0.29) is 37.0 Å². The van der Waals surface area contributed by atoms with Crippen LogP contribution in [0.4, 0.5) is 4.39 Å². The number of amides is 1. The van der Waals surface area contributed by atoms with Crippen LogP contribution in [0.15, 0.2) is 23.1 Å². The number of ether oxygens (including phenoxy) is 1. The van der Waals surface area contributed by atoms with Crippen LogP contribution in [0.5, 0.6) is 5.75 Å². The lowest BCUT2D eigenvalue weighted by Crippen LogP contribution is -2.39. The van der Waals surface area contributed by atoms with Gasteiger partial charge in [-0.25, -0.2) is 17.5 Å².